The number of hydrogen-bond donors (Lipinski definition) is 1. The van der Waals surface area contributed by atoms with Crippen molar-refractivity contribution in [3.63, 3.8) is 0 Å². The number of anilines is 1. The molecule has 1 aliphatic rings. The Kier molecular flexibility index (Phi) is 4.23. The van der Waals surface area contributed by atoms with Crippen molar-refractivity contribution in [2.45, 2.75) is 38.6 Å². The first-order valence-electron chi connectivity index (χ1n) is 6.41. The second kappa shape index (κ2) is 5.90. The highest BCUT2D eigenvalue weighted by Gasteiger charge is 2.08. The van der Waals surface area contributed by atoms with Gasteiger partial charge in [0.05, 0.1) is 0 Å². The highest BCUT2D eigenvalue weighted by Crippen LogP contribution is 2.14. The summed E-state index contributed by atoms with van der Waals surface area (Å²) in [5, 5.41) is 0. The van der Waals surface area contributed by atoms with Gasteiger partial charge < -0.3 is 5.73 Å². The first kappa shape index (κ1) is 11.5. The second-order valence-electron chi connectivity index (χ2n) is 4.79. The maximum atomic E-state index is 5.80. The van der Waals surface area contributed by atoms with Gasteiger partial charge in [0.1, 0.15) is 0 Å². The number of nitrogen functional groups attached to an aromatic ring is 1. The molecule has 0 atom stereocenters. The number of hydrogen-bond acceptors (Lipinski definition) is 2. The molecule has 88 valence electrons. The zero-order valence-electron chi connectivity index (χ0n) is 9.99. The van der Waals surface area contributed by atoms with Gasteiger partial charge in [0.2, 0.25) is 0 Å². The maximum absolute atomic E-state index is 5.80. The Morgan fingerprint density at radius 3 is 2.38 bits per heavy atom. The van der Waals surface area contributed by atoms with Crippen molar-refractivity contribution in [3.8, 4) is 0 Å². The molecule has 0 radical (unpaired) electrons. The Morgan fingerprint density at radius 1 is 1.00 bits per heavy atom. The van der Waals surface area contributed by atoms with E-state index in [1.807, 2.05) is 6.07 Å². The monoisotopic (exact) mass is 218 g/mol. The van der Waals surface area contributed by atoms with Gasteiger partial charge in [0.15, 0.2) is 0 Å². The Morgan fingerprint density at radius 2 is 1.69 bits per heavy atom. The van der Waals surface area contributed by atoms with Crippen molar-refractivity contribution in [1.82, 2.24) is 4.90 Å². The third kappa shape index (κ3) is 3.53. The van der Waals surface area contributed by atoms with E-state index in [0.717, 1.165) is 12.2 Å². The number of rotatable bonds is 2. The van der Waals surface area contributed by atoms with Crippen LogP contribution in [-0.2, 0) is 6.54 Å². The van der Waals surface area contributed by atoms with E-state index in [1.54, 1.807) is 0 Å². The molecule has 2 rings (SSSR count). The fraction of sp³-hybridized carbons (Fsp3) is 0.571. The van der Waals surface area contributed by atoms with Gasteiger partial charge in [-0.25, -0.2) is 0 Å². The molecule has 0 amide bonds. The fourth-order valence-corrected chi connectivity index (χ4v) is 2.42. The zero-order valence-corrected chi connectivity index (χ0v) is 9.99. The van der Waals surface area contributed by atoms with Crippen molar-refractivity contribution >= 4 is 5.69 Å². The van der Waals surface area contributed by atoms with Gasteiger partial charge in [-0.05, 0) is 43.6 Å². The molecule has 0 aliphatic carbocycles. The van der Waals surface area contributed by atoms with E-state index in [2.05, 4.69) is 23.1 Å². The summed E-state index contributed by atoms with van der Waals surface area (Å²) in [5.41, 5.74) is 8.03. The van der Waals surface area contributed by atoms with Crippen LogP contribution in [0.2, 0.25) is 0 Å². The SMILES string of the molecule is Nc1cccc(CN2CCCCCCC2)c1. The van der Waals surface area contributed by atoms with E-state index in [1.165, 1.54) is 50.8 Å². The largest absolute Gasteiger partial charge is 0.399 e. The summed E-state index contributed by atoms with van der Waals surface area (Å²) in [6.45, 7) is 3.55. The van der Waals surface area contributed by atoms with E-state index >= 15 is 0 Å². The third-order valence-corrected chi connectivity index (χ3v) is 3.31. The summed E-state index contributed by atoms with van der Waals surface area (Å²) in [7, 11) is 0. The molecule has 2 nitrogen and oxygen atoms in total. The van der Waals surface area contributed by atoms with Crippen LogP contribution in [0.5, 0.6) is 0 Å². The van der Waals surface area contributed by atoms with Gasteiger partial charge in [0, 0.05) is 12.2 Å². The first-order chi connectivity index (χ1) is 7.84. The van der Waals surface area contributed by atoms with E-state index < -0.39 is 0 Å². The molecule has 2 N–H and O–H groups in total. The summed E-state index contributed by atoms with van der Waals surface area (Å²) < 4.78 is 0. The van der Waals surface area contributed by atoms with Crippen molar-refractivity contribution in [1.29, 1.82) is 0 Å². The highest BCUT2D eigenvalue weighted by atomic mass is 15.1. The number of nitrogens with two attached hydrogens (primary N) is 1. The second-order valence-corrected chi connectivity index (χ2v) is 4.79. The molecule has 1 fully saturated rings. The van der Waals surface area contributed by atoms with Crippen LogP contribution in [0.3, 0.4) is 0 Å². The molecule has 1 aromatic carbocycles. The van der Waals surface area contributed by atoms with E-state index in [0.29, 0.717) is 0 Å². The molecule has 1 heterocycles. The Bertz CT molecular complexity index is 314. The van der Waals surface area contributed by atoms with Crippen LogP contribution in [0.15, 0.2) is 24.3 Å². The summed E-state index contributed by atoms with van der Waals surface area (Å²) in [6, 6.07) is 8.28. The van der Waals surface area contributed by atoms with Gasteiger partial charge in [-0.3, -0.25) is 4.90 Å². The molecule has 0 bridgehead atoms. The molecule has 0 spiro atoms. The average molecular weight is 218 g/mol. The highest BCUT2D eigenvalue weighted by molar-refractivity contribution is 5.40. The number of likely N-dealkylation sites (tertiary alicyclic amines) is 1. The van der Waals surface area contributed by atoms with E-state index in [9.17, 15) is 0 Å². The van der Waals surface area contributed by atoms with Crippen LogP contribution in [0.4, 0.5) is 5.69 Å². The third-order valence-electron chi connectivity index (χ3n) is 3.31. The lowest BCUT2D eigenvalue weighted by molar-refractivity contribution is 0.240. The Hall–Kier alpha value is -1.02. The molecule has 0 unspecified atom stereocenters. The lowest BCUT2D eigenvalue weighted by atomic mass is 10.1. The first-order valence-corrected chi connectivity index (χ1v) is 6.41. The molecule has 1 aromatic rings. The molecular formula is C14H22N2. The maximum Gasteiger partial charge on any atom is 0.0317 e. The molecular weight excluding hydrogens is 196 g/mol. The van der Waals surface area contributed by atoms with E-state index in [-0.39, 0.29) is 0 Å². The summed E-state index contributed by atoms with van der Waals surface area (Å²) in [5.74, 6) is 0. The predicted molar refractivity (Wildman–Crippen MR) is 69.2 cm³/mol. The molecule has 1 aliphatic heterocycles. The van der Waals surface area contributed by atoms with Crippen LogP contribution in [0, 0.1) is 0 Å². The zero-order chi connectivity index (χ0) is 11.2. The van der Waals surface area contributed by atoms with Crippen LogP contribution >= 0.6 is 0 Å². The lowest BCUT2D eigenvalue weighted by Gasteiger charge is -2.24. The van der Waals surface area contributed by atoms with Gasteiger partial charge >= 0.3 is 0 Å². The Labute approximate surface area is 98.4 Å². The van der Waals surface area contributed by atoms with Gasteiger partial charge in [-0.2, -0.15) is 0 Å². The molecule has 1 saturated heterocycles. The number of benzene rings is 1. The van der Waals surface area contributed by atoms with Crippen LogP contribution in [0.25, 0.3) is 0 Å². The summed E-state index contributed by atoms with van der Waals surface area (Å²) in [4.78, 5) is 2.56. The standard InChI is InChI=1S/C14H22N2/c15-14-8-6-7-13(11-14)12-16-9-4-2-1-3-5-10-16/h6-8,11H,1-5,9-10,12,15H2. The fourth-order valence-electron chi connectivity index (χ4n) is 2.42. The lowest BCUT2D eigenvalue weighted by Crippen LogP contribution is -2.26. The normalized spacial score (nSPS) is 19.0. The summed E-state index contributed by atoms with van der Waals surface area (Å²) >= 11 is 0. The topological polar surface area (TPSA) is 29.3 Å². The van der Waals surface area contributed by atoms with Gasteiger partial charge in [0.25, 0.3) is 0 Å². The predicted octanol–water partition coefficient (Wildman–Crippen LogP) is 3.03. The Balaban J connectivity index is 1.91. The molecule has 2 heteroatoms. The number of nitrogens with zero attached hydrogens (tertiary/aromatic N) is 1. The van der Waals surface area contributed by atoms with Crippen molar-refractivity contribution < 1.29 is 0 Å². The quantitative estimate of drug-likeness (QED) is 0.773. The van der Waals surface area contributed by atoms with Crippen molar-refractivity contribution in [2.75, 3.05) is 18.8 Å². The van der Waals surface area contributed by atoms with Crippen molar-refractivity contribution in [3.05, 3.63) is 29.8 Å². The molecule has 0 aromatic heterocycles. The van der Waals surface area contributed by atoms with E-state index in [4.69, 9.17) is 5.73 Å². The molecule has 16 heavy (non-hydrogen) atoms. The van der Waals surface area contributed by atoms with Gasteiger partial charge in [-0.1, -0.05) is 31.4 Å². The van der Waals surface area contributed by atoms with Gasteiger partial charge in [-0.15, -0.1) is 0 Å². The molecule has 0 saturated carbocycles. The summed E-state index contributed by atoms with van der Waals surface area (Å²) in [6.07, 6.45) is 6.91. The minimum atomic E-state index is 0.879. The minimum Gasteiger partial charge on any atom is -0.399 e. The van der Waals surface area contributed by atoms with Crippen molar-refractivity contribution in [2.24, 2.45) is 0 Å². The minimum absolute atomic E-state index is 0.879. The average Bonchev–Trinajstić information content (AvgIpc) is 2.22. The van der Waals surface area contributed by atoms with Crippen LogP contribution in [-0.4, -0.2) is 18.0 Å². The van der Waals surface area contributed by atoms with Crippen LogP contribution in [0.1, 0.15) is 37.7 Å². The van der Waals surface area contributed by atoms with Crippen LogP contribution < -0.4 is 5.73 Å². The smallest absolute Gasteiger partial charge is 0.0317 e.